The predicted octanol–water partition coefficient (Wildman–Crippen LogP) is 2.16. The van der Waals surface area contributed by atoms with Crippen LogP contribution >= 0.6 is 0 Å². The summed E-state index contributed by atoms with van der Waals surface area (Å²) in [6.07, 6.45) is 2.98. The molecule has 0 radical (unpaired) electrons. The number of rotatable bonds is 3. The van der Waals surface area contributed by atoms with Crippen molar-refractivity contribution in [1.29, 1.82) is 5.26 Å². The monoisotopic (exact) mass is 186 g/mol. The van der Waals surface area contributed by atoms with Crippen molar-refractivity contribution in [2.45, 2.75) is 25.3 Å². The molecule has 1 saturated carbocycles. The van der Waals surface area contributed by atoms with Crippen LogP contribution in [0.25, 0.3) is 0 Å². The Balaban J connectivity index is 2.17. The molecule has 72 valence electrons. The quantitative estimate of drug-likeness (QED) is 0.786. The van der Waals surface area contributed by atoms with E-state index in [4.69, 9.17) is 11.0 Å². The predicted molar refractivity (Wildman–Crippen MR) is 55.4 cm³/mol. The zero-order valence-corrected chi connectivity index (χ0v) is 8.11. The normalized spacial score (nSPS) is 17.4. The van der Waals surface area contributed by atoms with Gasteiger partial charge in [-0.05, 0) is 29.9 Å². The van der Waals surface area contributed by atoms with Crippen molar-refractivity contribution >= 4 is 0 Å². The molecule has 1 aromatic rings. The fourth-order valence-corrected chi connectivity index (χ4v) is 1.73. The molecule has 2 rings (SSSR count). The second-order valence-corrected chi connectivity index (χ2v) is 3.94. The van der Waals surface area contributed by atoms with Crippen molar-refractivity contribution in [2.24, 2.45) is 11.7 Å². The molecule has 14 heavy (non-hydrogen) atoms. The summed E-state index contributed by atoms with van der Waals surface area (Å²) in [5.74, 6) is 0.673. The minimum absolute atomic E-state index is 0.175. The topological polar surface area (TPSA) is 49.8 Å². The lowest BCUT2D eigenvalue weighted by Gasteiger charge is -2.11. The molecular formula is C12H14N2. The Morgan fingerprint density at radius 3 is 2.93 bits per heavy atom. The molecule has 0 aliphatic heterocycles. The van der Waals surface area contributed by atoms with E-state index >= 15 is 0 Å². The third-order valence-electron chi connectivity index (χ3n) is 2.75. The number of benzene rings is 1. The van der Waals surface area contributed by atoms with Crippen LogP contribution in [0, 0.1) is 17.2 Å². The summed E-state index contributed by atoms with van der Waals surface area (Å²) in [5.41, 5.74) is 8.33. The van der Waals surface area contributed by atoms with Gasteiger partial charge >= 0.3 is 0 Å². The van der Waals surface area contributed by atoms with Gasteiger partial charge in [-0.2, -0.15) is 5.26 Å². The van der Waals surface area contributed by atoms with Gasteiger partial charge in [0.05, 0.1) is 12.5 Å². The first-order valence-electron chi connectivity index (χ1n) is 5.02. The van der Waals surface area contributed by atoms with Gasteiger partial charge in [-0.3, -0.25) is 0 Å². The minimum Gasteiger partial charge on any atom is -0.324 e. The van der Waals surface area contributed by atoms with E-state index in [1.807, 2.05) is 12.1 Å². The van der Waals surface area contributed by atoms with Gasteiger partial charge in [0.25, 0.3) is 0 Å². The SMILES string of the molecule is N#CCc1cccc([C@H](N)C2CC2)c1. The van der Waals surface area contributed by atoms with Crippen molar-refractivity contribution in [2.75, 3.05) is 0 Å². The highest BCUT2D eigenvalue weighted by Gasteiger charge is 2.29. The number of nitrogens with zero attached hydrogens (tertiary/aromatic N) is 1. The van der Waals surface area contributed by atoms with Crippen LogP contribution in [0.4, 0.5) is 0 Å². The zero-order valence-electron chi connectivity index (χ0n) is 8.11. The molecular weight excluding hydrogens is 172 g/mol. The smallest absolute Gasteiger partial charge is 0.0669 e. The minimum atomic E-state index is 0.175. The third kappa shape index (κ3) is 1.94. The number of nitrogens with two attached hydrogens (primary N) is 1. The molecule has 0 unspecified atom stereocenters. The van der Waals surface area contributed by atoms with E-state index in [9.17, 15) is 0 Å². The molecule has 1 atom stereocenters. The van der Waals surface area contributed by atoms with Crippen LogP contribution in [0.2, 0.25) is 0 Å². The molecule has 0 spiro atoms. The van der Waals surface area contributed by atoms with Crippen LogP contribution in [0.5, 0.6) is 0 Å². The van der Waals surface area contributed by atoms with Crippen molar-refractivity contribution in [3.05, 3.63) is 35.4 Å². The van der Waals surface area contributed by atoms with E-state index in [1.54, 1.807) is 0 Å². The summed E-state index contributed by atoms with van der Waals surface area (Å²) in [5, 5.41) is 8.59. The highest BCUT2D eigenvalue weighted by molar-refractivity contribution is 5.28. The fourth-order valence-electron chi connectivity index (χ4n) is 1.73. The summed E-state index contributed by atoms with van der Waals surface area (Å²) in [6.45, 7) is 0. The molecule has 2 heteroatoms. The van der Waals surface area contributed by atoms with Crippen LogP contribution in [0.15, 0.2) is 24.3 Å². The Hall–Kier alpha value is -1.33. The lowest BCUT2D eigenvalue weighted by molar-refractivity contribution is 0.633. The first-order valence-corrected chi connectivity index (χ1v) is 5.02. The summed E-state index contributed by atoms with van der Waals surface area (Å²) < 4.78 is 0. The van der Waals surface area contributed by atoms with Crippen LogP contribution in [0.1, 0.15) is 30.0 Å². The first-order chi connectivity index (χ1) is 6.81. The van der Waals surface area contributed by atoms with Gasteiger partial charge in [-0.25, -0.2) is 0 Å². The average molecular weight is 186 g/mol. The van der Waals surface area contributed by atoms with E-state index < -0.39 is 0 Å². The maximum atomic E-state index is 8.59. The molecule has 0 saturated heterocycles. The maximum absolute atomic E-state index is 8.59. The molecule has 1 fully saturated rings. The third-order valence-corrected chi connectivity index (χ3v) is 2.75. The number of hydrogen-bond donors (Lipinski definition) is 1. The molecule has 2 nitrogen and oxygen atoms in total. The van der Waals surface area contributed by atoms with Crippen molar-refractivity contribution in [3.8, 4) is 6.07 Å². The fraction of sp³-hybridized carbons (Fsp3) is 0.417. The van der Waals surface area contributed by atoms with Gasteiger partial charge in [0.1, 0.15) is 0 Å². The molecule has 0 aromatic heterocycles. The number of hydrogen-bond acceptors (Lipinski definition) is 2. The summed E-state index contributed by atoms with van der Waals surface area (Å²) in [4.78, 5) is 0. The van der Waals surface area contributed by atoms with Gasteiger partial charge in [0, 0.05) is 6.04 Å². The Bertz CT molecular complexity index is 361. The molecule has 0 heterocycles. The van der Waals surface area contributed by atoms with Crippen molar-refractivity contribution in [3.63, 3.8) is 0 Å². The second-order valence-electron chi connectivity index (χ2n) is 3.94. The first kappa shape index (κ1) is 9.23. The largest absolute Gasteiger partial charge is 0.324 e. The van der Waals surface area contributed by atoms with Gasteiger partial charge in [0.2, 0.25) is 0 Å². The molecule has 1 aromatic carbocycles. The van der Waals surface area contributed by atoms with Gasteiger partial charge in [0.15, 0.2) is 0 Å². The summed E-state index contributed by atoms with van der Waals surface area (Å²) in [6, 6.07) is 10.4. The lowest BCUT2D eigenvalue weighted by Crippen LogP contribution is -2.12. The average Bonchev–Trinajstić information content (AvgIpc) is 3.01. The van der Waals surface area contributed by atoms with E-state index in [1.165, 1.54) is 18.4 Å². The van der Waals surface area contributed by atoms with Crippen LogP contribution < -0.4 is 5.73 Å². The maximum Gasteiger partial charge on any atom is 0.0669 e. The Kier molecular flexibility index (Phi) is 2.51. The van der Waals surface area contributed by atoms with E-state index in [0.717, 1.165) is 5.56 Å². The van der Waals surface area contributed by atoms with Crippen LogP contribution in [-0.4, -0.2) is 0 Å². The Morgan fingerprint density at radius 1 is 1.50 bits per heavy atom. The number of nitriles is 1. The van der Waals surface area contributed by atoms with Crippen LogP contribution in [0.3, 0.4) is 0 Å². The van der Waals surface area contributed by atoms with Gasteiger partial charge < -0.3 is 5.73 Å². The Labute approximate surface area is 84.3 Å². The molecule has 2 N–H and O–H groups in total. The standard InChI is InChI=1S/C12H14N2/c13-7-6-9-2-1-3-11(8-9)12(14)10-4-5-10/h1-3,8,10,12H,4-6,14H2/t12-/m1/s1. The van der Waals surface area contributed by atoms with Crippen LogP contribution in [-0.2, 0) is 6.42 Å². The Morgan fingerprint density at radius 2 is 2.29 bits per heavy atom. The van der Waals surface area contributed by atoms with Gasteiger partial charge in [-0.1, -0.05) is 24.3 Å². The van der Waals surface area contributed by atoms with E-state index in [0.29, 0.717) is 12.3 Å². The summed E-state index contributed by atoms with van der Waals surface area (Å²) in [7, 11) is 0. The second kappa shape index (κ2) is 3.81. The summed E-state index contributed by atoms with van der Waals surface area (Å²) >= 11 is 0. The lowest BCUT2D eigenvalue weighted by atomic mass is 10.0. The van der Waals surface area contributed by atoms with Crippen molar-refractivity contribution < 1.29 is 0 Å². The molecule has 1 aliphatic rings. The molecule has 0 bridgehead atoms. The molecule has 1 aliphatic carbocycles. The van der Waals surface area contributed by atoms with E-state index in [-0.39, 0.29) is 6.04 Å². The highest BCUT2D eigenvalue weighted by Crippen LogP contribution is 2.39. The highest BCUT2D eigenvalue weighted by atomic mass is 14.7. The van der Waals surface area contributed by atoms with Gasteiger partial charge in [-0.15, -0.1) is 0 Å². The zero-order chi connectivity index (χ0) is 9.97. The van der Waals surface area contributed by atoms with Crippen molar-refractivity contribution in [1.82, 2.24) is 0 Å². The van der Waals surface area contributed by atoms with E-state index in [2.05, 4.69) is 18.2 Å². The molecule has 0 amide bonds.